The molecule has 8 nitrogen and oxygen atoms in total. The zero-order chi connectivity index (χ0) is 18.0. The van der Waals surface area contributed by atoms with Crippen LogP contribution in [-0.2, 0) is 13.0 Å². The molecule has 0 unspecified atom stereocenters. The first-order valence-corrected chi connectivity index (χ1v) is 7.62. The summed E-state index contributed by atoms with van der Waals surface area (Å²) in [6.45, 7) is 0.802. The van der Waals surface area contributed by atoms with E-state index in [1.165, 1.54) is 20.5 Å². The van der Waals surface area contributed by atoms with Gasteiger partial charge in [-0.1, -0.05) is 6.07 Å². The Balaban J connectivity index is 1.93. The number of hydrogen-bond donors (Lipinski definition) is 1. The van der Waals surface area contributed by atoms with Crippen LogP contribution in [0.2, 0.25) is 0 Å². The van der Waals surface area contributed by atoms with Crippen molar-refractivity contribution >= 4 is 11.9 Å². The highest BCUT2D eigenvalue weighted by Crippen LogP contribution is 2.28. The van der Waals surface area contributed by atoms with E-state index in [9.17, 15) is 9.59 Å². The number of fused-ring (bicyclic) bond motifs is 1. The molecule has 3 rings (SSSR count). The molecule has 0 fully saturated rings. The number of carboxylic acid groups (broad SMARTS) is 1. The standard InChI is InChI=1S/C17H17N3O5/c1-24-14-13(15(25-2)19-9-18-14)16(21)20-6-5-10-3-4-11(17(22)23)7-12(10)8-20/h3-4,7,9H,5-6,8H2,1-2H3,(H,22,23). The summed E-state index contributed by atoms with van der Waals surface area (Å²) in [4.78, 5) is 33.7. The fourth-order valence-corrected chi connectivity index (χ4v) is 2.87. The van der Waals surface area contributed by atoms with E-state index < -0.39 is 5.97 Å². The summed E-state index contributed by atoms with van der Waals surface area (Å²) in [5, 5.41) is 9.15. The summed E-state index contributed by atoms with van der Waals surface area (Å²) in [6.07, 6.45) is 1.90. The van der Waals surface area contributed by atoms with Crippen LogP contribution in [-0.4, -0.2) is 52.6 Å². The monoisotopic (exact) mass is 343 g/mol. The number of carbonyl (C=O) groups is 2. The summed E-state index contributed by atoms with van der Waals surface area (Å²) >= 11 is 0. The number of methoxy groups -OCH3 is 2. The number of ether oxygens (including phenoxy) is 2. The molecule has 2 aromatic rings. The normalized spacial score (nSPS) is 13.1. The van der Waals surface area contributed by atoms with E-state index in [1.807, 2.05) is 0 Å². The number of hydrogen-bond acceptors (Lipinski definition) is 6. The van der Waals surface area contributed by atoms with Gasteiger partial charge in [0.15, 0.2) is 5.56 Å². The van der Waals surface area contributed by atoms with Crippen LogP contribution < -0.4 is 9.47 Å². The Labute approximate surface area is 144 Å². The number of benzene rings is 1. The van der Waals surface area contributed by atoms with Crippen molar-refractivity contribution in [3.8, 4) is 11.8 Å². The maximum Gasteiger partial charge on any atom is 0.335 e. The number of amides is 1. The van der Waals surface area contributed by atoms with Crippen LogP contribution in [0.5, 0.6) is 11.8 Å². The molecule has 0 radical (unpaired) electrons. The van der Waals surface area contributed by atoms with E-state index in [4.69, 9.17) is 14.6 Å². The van der Waals surface area contributed by atoms with Crippen molar-refractivity contribution in [3.63, 3.8) is 0 Å². The zero-order valence-electron chi connectivity index (χ0n) is 13.9. The van der Waals surface area contributed by atoms with Gasteiger partial charge in [-0.25, -0.2) is 14.8 Å². The number of nitrogens with zero attached hydrogens (tertiary/aromatic N) is 3. The van der Waals surface area contributed by atoms with Crippen molar-refractivity contribution in [2.24, 2.45) is 0 Å². The highest BCUT2D eigenvalue weighted by molar-refractivity contribution is 5.98. The molecule has 0 saturated carbocycles. The van der Waals surface area contributed by atoms with E-state index in [1.54, 1.807) is 23.1 Å². The van der Waals surface area contributed by atoms with E-state index in [0.29, 0.717) is 19.5 Å². The Hall–Kier alpha value is -3.16. The molecule has 8 heteroatoms. The van der Waals surface area contributed by atoms with Crippen molar-refractivity contribution in [3.05, 3.63) is 46.8 Å². The molecular formula is C17H17N3O5. The van der Waals surface area contributed by atoms with Gasteiger partial charge >= 0.3 is 5.97 Å². The first-order chi connectivity index (χ1) is 12.0. The number of aromatic nitrogens is 2. The third kappa shape index (κ3) is 3.10. The average molecular weight is 343 g/mol. The molecule has 2 heterocycles. The lowest BCUT2D eigenvalue weighted by molar-refractivity contribution is 0.0696. The van der Waals surface area contributed by atoms with Gasteiger partial charge in [-0.3, -0.25) is 4.79 Å². The topological polar surface area (TPSA) is 102 Å². The fraction of sp³-hybridized carbons (Fsp3) is 0.294. The number of aromatic carboxylic acids is 1. The molecule has 0 aliphatic carbocycles. The van der Waals surface area contributed by atoms with Crippen molar-refractivity contribution in [1.29, 1.82) is 0 Å². The minimum Gasteiger partial charge on any atom is -0.480 e. The van der Waals surface area contributed by atoms with E-state index in [0.717, 1.165) is 11.1 Å². The van der Waals surface area contributed by atoms with Crippen LogP contribution in [0.4, 0.5) is 0 Å². The third-order valence-electron chi connectivity index (χ3n) is 4.13. The smallest absolute Gasteiger partial charge is 0.335 e. The lowest BCUT2D eigenvalue weighted by atomic mass is 9.97. The molecule has 1 aromatic heterocycles. The molecule has 0 bridgehead atoms. The number of carboxylic acids is 1. The first kappa shape index (κ1) is 16.7. The maximum atomic E-state index is 13.0. The van der Waals surface area contributed by atoms with Gasteiger partial charge < -0.3 is 19.5 Å². The summed E-state index contributed by atoms with van der Waals surface area (Å²) in [5.74, 6) is -1.03. The second-order valence-corrected chi connectivity index (χ2v) is 5.53. The molecule has 1 aliphatic rings. The van der Waals surface area contributed by atoms with Crippen LogP contribution in [0.3, 0.4) is 0 Å². The molecule has 1 aromatic carbocycles. The van der Waals surface area contributed by atoms with Crippen molar-refractivity contribution in [2.45, 2.75) is 13.0 Å². The van der Waals surface area contributed by atoms with Gasteiger partial charge in [-0.15, -0.1) is 0 Å². The van der Waals surface area contributed by atoms with Gasteiger partial charge in [0.05, 0.1) is 19.8 Å². The molecule has 25 heavy (non-hydrogen) atoms. The predicted octanol–water partition coefficient (Wildman–Crippen LogP) is 1.39. The van der Waals surface area contributed by atoms with Crippen LogP contribution in [0.1, 0.15) is 31.8 Å². The highest BCUT2D eigenvalue weighted by atomic mass is 16.5. The van der Waals surface area contributed by atoms with Gasteiger partial charge in [0.1, 0.15) is 6.33 Å². The Bertz CT molecular complexity index is 815. The molecular weight excluding hydrogens is 326 g/mol. The van der Waals surface area contributed by atoms with Gasteiger partial charge in [0.2, 0.25) is 11.8 Å². The van der Waals surface area contributed by atoms with E-state index in [2.05, 4.69) is 9.97 Å². The van der Waals surface area contributed by atoms with Crippen LogP contribution in [0.25, 0.3) is 0 Å². The summed E-state index contributed by atoms with van der Waals surface area (Å²) in [7, 11) is 2.84. The fourth-order valence-electron chi connectivity index (χ4n) is 2.87. The molecule has 130 valence electrons. The Morgan fingerprint density at radius 2 is 1.80 bits per heavy atom. The first-order valence-electron chi connectivity index (χ1n) is 7.62. The Kier molecular flexibility index (Phi) is 4.51. The second-order valence-electron chi connectivity index (χ2n) is 5.53. The van der Waals surface area contributed by atoms with Crippen LogP contribution >= 0.6 is 0 Å². The lowest BCUT2D eigenvalue weighted by Crippen LogP contribution is -2.36. The van der Waals surface area contributed by atoms with E-state index >= 15 is 0 Å². The van der Waals surface area contributed by atoms with Crippen molar-refractivity contribution in [1.82, 2.24) is 14.9 Å². The molecule has 1 aliphatic heterocycles. The zero-order valence-corrected chi connectivity index (χ0v) is 13.9. The molecule has 0 saturated heterocycles. The minimum absolute atomic E-state index is 0.141. The number of rotatable bonds is 4. The Morgan fingerprint density at radius 1 is 1.12 bits per heavy atom. The quantitative estimate of drug-likeness (QED) is 0.895. The SMILES string of the molecule is COc1ncnc(OC)c1C(=O)N1CCc2ccc(C(=O)O)cc2C1. The predicted molar refractivity (Wildman–Crippen MR) is 87.0 cm³/mol. The summed E-state index contributed by atoms with van der Waals surface area (Å²) in [5.41, 5.74) is 2.21. The summed E-state index contributed by atoms with van der Waals surface area (Å²) < 4.78 is 10.3. The average Bonchev–Trinajstić information content (AvgIpc) is 2.65. The van der Waals surface area contributed by atoms with Gasteiger partial charge in [0.25, 0.3) is 5.91 Å². The van der Waals surface area contributed by atoms with E-state index in [-0.39, 0.29) is 28.8 Å². The van der Waals surface area contributed by atoms with Crippen molar-refractivity contribution in [2.75, 3.05) is 20.8 Å². The molecule has 0 atom stereocenters. The molecule has 1 N–H and O–H groups in total. The maximum absolute atomic E-state index is 13.0. The summed E-state index contributed by atoms with van der Waals surface area (Å²) in [6, 6.07) is 4.98. The van der Waals surface area contributed by atoms with Gasteiger partial charge in [-0.2, -0.15) is 0 Å². The highest BCUT2D eigenvalue weighted by Gasteiger charge is 2.28. The largest absolute Gasteiger partial charge is 0.480 e. The van der Waals surface area contributed by atoms with Crippen LogP contribution in [0.15, 0.2) is 24.5 Å². The second kappa shape index (κ2) is 6.76. The van der Waals surface area contributed by atoms with Crippen molar-refractivity contribution < 1.29 is 24.2 Å². The van der Waals surface area contributed by atoms with Gasteiger partial charge in [-0.05, 0) is 29.7 Å². The Morgan fingerprint density at radius 3 is 2.40 bits per heavy atom. The number of carbonyl (C=O) groups excluding carboxylic acids is 1. The third-order valence-corrected chi connectivity index (χ3v) is 4.13. The van der Waals surface area contributed by atoms with Gasteiger partial charge in [0, 0.05) is 13.1 Å². The molecule has 1 amide bonds. The lowest BCUT2D eigenvalue weighted by Gasteiger charge is -2.29. The minimum atomic E-state index is -0.994. The molecule has 0 spiro atoms. The van der Waals surface area contributed by atoms with Crippen LogP contribution in [0, 0.1) is 0 Å².